The average molecular weight is 359 g/mol. The van der Waals surface area contributed by atoms with E-state index in [2.05, 4.69) is 39.6 Å². The van der Waals surface area contributed by atoms with Gasteiger partial charge < -0.3 is 10.2 Å². The Morgan fingerprint density at radius 3 is 3.05 bits per heavy atom. The Morgan fingerprint density at radius 2 is 2.45 bits per heavy atom. The van der Waals surface area contributed by atoms with Crippen LogP contribution in [-0.4, -0.2) is 30.9 Å². The van der Waals surface area contributed by atoms with Gasteiger partial charge in [-0.1, -0.05) is 6.92 Å². The highest BCUT2D eigenvalue weighted by atomic mass is 79.9. The standard InChI is InChI=1S/C15H23BrN2OS/c1-11(12-4-3-5-17-8-12)6-15(19)18(2)9-14-7-13(16)10-20-14/h7,10-12,17H,3-6,8-9H2,1-2H3. The number of thiophene rings is 1. The molecule has 0 radical (unpaired) electrons. The van der Waals surface area contributed by atoms with Gasteiger partial charge in [0.1, 0.15) is 0 Å². The zero-order valence-corrected chi connectivity index (χ0v) is 14.6. The SMILES string of the molecule is CC(CC(=O)N(C)Cc1cc(Br)cs1)C1CCCNC1. The molecule has 1 aromatic heterocycles. The second kappa shape index (κ2) is 7.57. The number of carbonyl (C=O) groups is 1. The molecule has 1 fully saturated rings. The molecule has 1 amide bonds. The van der Waals surface area contributed by atoms with Crippen molar-refractivity contribution in [3.63, 3.8) is 0 Å². The highest BCUT2D eigenvalue weighted by Gasteiger charge is 2.23. The van der Waals surface area contributed by atoms with Crippen LogP contribution in [0.3, 0.4) is 0 Å². The number of hydrogen-bond acceptors (Lipinski definition) is 3. The lowest BCUT2D eigenvalue weighted by Crippen LogP contribution is -2.36. The van der Waals surface area contributed by atoms with Crippen LogP contribution in [0.2, 0.25) is 0 Å². The molecule has 3 nitrogen and oxygen atoms in total. The van der Waals surface area contributed by atoms with E-state index < -0.39 is 0 Å². The monoisotopic (exact) mass is 358 g/mol. The van der Waals surface area contributed by atoms with Crippen LogP contribution in [0.1, 0.15) is 31.1 Å². The summed E-state index contributed by atoms with van der Waals surface area (Å²) in [5.74, 6) is 1.37. The van der Waals surface area contributed by atoms with E-state index in [4.69, 9.17) is 0 Å². The van der Waals surface area contributed by atoms with E-state index in [1.54, 1.807) is 11.3 Å². The molecule has 1 aliphatic rings. The van der Waals surface area contributed by atoms with Crippen LogP contribution < -0.4 is 5.32 Å². The molecular weight excluding hydrogens is 336 g/mol. The summed E-state index contributed by atoms with van der Waals surface area (Å²) >= 11 is 5.14. The van der Waals surface area contributed by atoms with Crippen LogP contribution in [0.25, 0.3) is 0 Å². The fourth-order valence-electron chi connectivity index (χ4n) is 2.72. The van der Waals surface area contributed by atoms with Crippen molar-refractivity contribution in [2.75, 3.05) is 20.1 Å². The summed E-state index contributed by atoms with van der Waals surface area (Å²) in [6.07, 6.45) is 3.15. The summed E-state index contributed by atoms with van der Waals surface area (Å²) in [6.45, 7) is 5.12. The highest BCUT2D eigenvalue weighted by Crippen LogP contribution is 2.24. The Bertz CT molecular complexity index is 443. The van der Waals surface area contributed by atoms with Gasteiger partial charge in [0, 0.05) is 28.2 Å². The van der Waals surface area contributed by atoms with Crippen LogP contribution in [0, 0.1) is 11.8 Å². The second-order valence-electron chi connectivity index (χ2n) is 5.77. The van der Waals surface area contributed by atoms with Gasteiger partial charge in [-0.3, -0.25) is 4.79 Å². The predicted octanol–water partition coefficient (Wildman–Crippen LogP) is 3.49. The number of hydrogen-bond donors (Lipinski definition) is 1. The van der Waals surface area contributed by atoms with Crippen molar-refractivity contribution in [2.45, 2.75) is 32.7 Å². The molecule has 0 saturated carbocycles. The molecule has 0 spiro atoms. The molecule has 2 unspecified atom stereocenters. The van der Waals surface area contributed by atoms with Crippen LogP contribution in [0.4, 0.5) is 0 Å². The average Bonchev–Trinajstić information content (AvgIpc) is 2.85. The molecule has 112 valence electrons. The largest absolute Gasteiger partial charge is 0.341 e. The third kappa shape index (κ3) is 4.57. The van der Waals surface area contributed by atoms with Crippen LogP contribution in [-0.2, 0) is 11.3 Å². The van der Waals surface area contributed by atoms with Crippen molar-refractivity contribution < 1.29 is 4.79 Å². The first-order valence-electron chi connectivity index (χ1n) is 7.24. The van der Waals surface area contributed by atoms with E-state index in [9.17, 15) is 4.79 Å². The number of halogens is 1. The summed E-state index contributed by atoms with van der Waals surface area (Å²) < 4.78 is 1.10. The van der Waals surface area contributed by atoms with Crippen molar-refractivity contribution in [1.82, 2.24) is 10.2 Å². The third-order valence-corrected chi connectivity index (χ3v) is 5.76. The molecule has 1 aliphatic heterocycles. The molecule has 20 heavy (non-hydrogen) atoms. The van der Waals surface area contributed by atoms with Crippen molar-refractivity contribution >= 4 is 33.2 Å². The quantitative estimate of drug-likeness (QED) is 0.873. The molecule has 1 N–H and O–H groups in total. The molecule has 1 aromatic rings. The summed E-state index contributed by atoms with van der Waals surface area (Å²) in [5, 5.41) is 5.49. The van der Waals surface area contributed by atoms with Crippen molar-refractivity contribution in [3.05, 3.63) is 20.8 Å². The van der Waals surface area contributed by atoms with E-state index in [0.717, 1.165) is 17.6 Å². The Hall–Kier alpha value is -0.390. The highest BCUT2D eigenvalue weighted by molar-refractivity contribution is 9.10. The van der Waals surface area contributed by atoms with Gasteiger partial charge in [0.05, 0.1) is 6.54 Å². The fourth-order valence-corrected chi connectivity index (χ4v) is 4.22. The summed E-state index contributed by atoms with van der Waals surface area (Å²) in [7, 11) is 1.90. The molecule has 5 heteroatoms. The molecule has 2 rings (SSSR count). The van der Waals surface area contributed by atoms with Gasteiger partial charge in [0.15, 0.2) is 0 Å². The molecule has 0 bridgehead atoms. The van der Waals surface area contributed by atoms with E-state index in [0.29, 0.717) is 24.8 Å². The van der Waals surface area contributed by atoms with E-state index >= 15 is 0 Å². The lowest BCUT2D eigenvalue weighted by Gasteiger charge is -2.29. The van der Waals surface area contributed by atoms with Gasteiger partial charge in [0.2, 0.25) is 5.91 Å². The fraction of sp³-hybridized carbons (Fsp3) is 0.667. The maximum atomic E-state index is 12.3. The zero-order chi connectivity index (χ0) is 14.5. The minimum atomic E-state index is 0.257. The topological polar surface area (TPSA) is 32.3 Å². The summed E-state index contributed by atoms with van der Waals surface area (Å²) in [6, 6.07) is 2.09. The van der Waals surface area contributed by atoms with Gasteiger partial charge in [-0.2, -0.15) is 0 Å². The number of amides is 1. The van der Waals surface area contributed by atoms with Crippen molar-refractivity contribution in [3.8, 4) is 0 Å². The smallest absolute Gasteiger partial charge is 0.222 e. The van der Waals surface area contributed by atoms with Crippen molar-refractivity contribution in [2.24, 2.45) is 11.8 Å². The van der Waals surface area contributed by atoms with Gasteiger partial charge in [-0.15, -0.1) is 11.3 Å². The first-order chi connectivity index (χ1) is 9.56. The lowest BCUT2D eigenvalue weighted by molar-refractivity contribution is -0.131. The van der Waals surface area contributed by atoms with Crippen LogP contribution in [0.15, 0.2) is 15.9 Å². The van der Waals surface area contributed by atoms with Gasteiger partial charge in [0.25, 0.3) is 0 Å². The Kier molecular flexibility index (Phi) is 6.05. The Labute approximate surface area is 133 Å². The second-order valence-corrected chi connectivity index (χ2v) is 7.68. The van der Waals surface area contributed by atoms with E-state index in [-0.39, 0.29) is 5.91 Å². The third-order valence-electron chi connectivity index (χ3n) is 4.08. The number of nitrogens with zero attached hydrogens (tertiary/aromatic N) is 1. The minimum Gasteiger partial charge on any atom is -0.341 e. The van der Waals surface area contributed by atoms with Gasteiger partial charge in [-0.25, -0.2) is 0 Å². The molecular formula is C15H23BrN2OS. The molecule has 1 saturated heterocycles. The normalized spacial score (nSPS) is 20.6. The van der Waals surface area contributed by atoms with Gasteiger partial charge >= 0.3 is 0 Å². The first-order valence-corrected chi connectivity index (χ1v) is 8.91. The predicted molar refractivity (Wildman–Crippen MR) is 87.9 cm³/mol. The maximum absolute atomic E-state index is 12.3. The molecule has 2 atom stereocenters. The van der Waals surface area contributed by atoms with E-state index in [1.165, 1.54) is 17.7 Å². The van der Waals surface area contributed by atoms with Gasteiger partial charge in [-0.05, 0) is 59.8 Å². The Morgan fingerprint density at radius 1 is 1.65 bits per heavy atom. The van der Waals surface area contributed by atoms with Crippen LogP contribution >= 0.6 is 27.3 Å². The summed E-state index contributed by atoms with van der Waals surface area (Å²) in [4.78, 5) is 15.4. The number of piperidine rings is 1. The number of carbonyl (C=O) groups excluding carboxylic acids is 1. The lowest BCUT2D eigenvalue weighted by atomic mass is 9.85. The number of nitrogens with one attached hydrogen (secondary N) is 1. The van der Waals surface area contributed by atoms with Crippen molar-refractivity contribution in [1.29, 1.82) is 0 Å². The number of rotatable bonds is 5. The molecule has 0 aromatic carbocycles. The molecule has 2 heterocycles. The zero-order valence-electron chi connectivity index (χ0n) is 12.2. The van der Waals surface area contributed by atoms with Crippen LogP contribution in [0.5, 0.6) is 0 Å². The summed E-state index contributed by atoms with van der Waals surface area (Å²) in [5.41, 5.74) is 0. The van der Waals surface area contributed by atoms with E-state index in [1.807, 2.05) is 11.9 Å². The molecule has 0 aliphatic carbocycles. The Balaban J connectivity index is 1.80. The first kappa shape index (κ1) is 16.0. The maximum Gasteiger partial charge on any atom is 0.222 e. The minimum absolute atomic E-state index is 0.257.